The predicted octanol–water partition coefficient (Wildman–Crippen LogP) is 4.42. The number of nitrogens with zero attached hydrogens (tertiary/aromatic N) is 2. The van der Waals surface area contributed by atoms with Crippen molar-refractivity contribution in [2.45, 2.75) is 46.6 Å². The Morgan fingerprint density at radius 1 is 1.19 bits per heavy atom. The summed E-state index contributed by atoms with van der Waals surface area (Å²) in [5.74, 6) is 1.70. The Morgan fingerprint density at radius 3 is 2.37 bits per heavy atom. The number of thiazole rings is 1. The maximum atomic E-state index is 5.25. The standard InChI is InChI=1S/C20H30N4OS.HI/c1-7-21-19(22-12-18-24-14(2)15(3)26-18)23-13-20(4,5)16-8-10-17(25-6)11-9-16;/h8-11H,7,12-13H2,1-6H3,(H2,21,22,23);1H. The van der Waals surface area contributed by atoms with Crippen molar-refractivity contribution in [1.82, 2.24) is 15.6 Å². The molecule has 27 heavy (non-hydrogen) atoms. The van der Waals surface area contributed by atoms with Crippen LogP contribution >= 0.6 is 35.3 Å². The molecule has 0 spiro atoms. The van der Waals surface area contributed by atoms with Crippen LogP contribution in [0, 0.1) is 13.8 Å². The topological polar surface area (TPSA) is 58.5 Å². The van der Waals surface area contributed by atoms with Crippen LogP contribution in [0.4, 0.5) is 0 Å². The van der Waals surface area contributed by atoms with Crippen molar-refractivity contribution in [3.63, 3.8) is 0 Å². The first-order chi connectivity index (χ1) is 12.4. The van der Waals surface area contributed by atoms with E-state index in [1.807, 2.05) is 19.1 Å². The molecular weight excluding hydrogens is 471 g/mol. The number of guanidine groups is 1. The SMILES string of the molecule is CCNC(=NCc1nc(C)c(C)s1)NCC(C)(C)c1ccc(OC)cc1.I. The van der Waals surface area contributed by atoms with Gasteiger partial charge in [-0.15, -0.1) is 35.3 Å². The third-order valence-electron chi connectivity index (χ3n) is 4.36. The Hall–Kier alpha value is -1.35. The van der Waals surface area contributed by atoms with Crippen molar-refractivity contribution in [3.05, 3.63) is 45.4 Å². The molecule has 2 N–H and O–H groups in total. The van der Waals surface area contributed by atoms with Crippen LogP contribution in [0.15, 0.2) is 29.3 Å². The smallest absolute Gasteiger partial charge is 0.191 e. The van der Waals surface area contributed by atoms with Gasteiger partial charge in [0, 0.05) is 23.4 Å². The molecule has 0 aliphatic carbocycles. The average molecular weight is 502 g/mol. The van der Waals surface area contributed by atoms with Gasteiger partial charge in [-0.2, -0.15) is 0 Å². The average Bonchev–Trinajstić information content (AvgIpc) is 2.95. The van der Waals surface area contributed by atoms with Gasteiger partial charge in [-0.3, -0.25) is 0 Å². The van der Waals surface area contributed by atoms with Crippen LogP contribution < -0.4 is 15.4 Å². The van der Waals surface area contributed by atoms with Crippen molar-refractivity contribution in [3.8, 4) is 5.75 Å². The molecule has 2 rings (SSSR count). The minimum absolute atomic E-state index is 0. The highest BCUT2D eigenvalue weighted by molar-refractivity contribution is 14.0. The van der Waals surface area contributed by atoms with Crippen molar-refractivity contribution >= 4 is 41.3 Å². The Kier molecular flexibility index (Phi) is 9.52. The van der Waals surface area contributed by atoms with Crippen LogP contribution in [0.3, 0.4) is 0 Å². The lowest BCUT2D eigenvalue weighted by molar-refractivity contribution is 0.414. The molecule has 150 valence electrons. The van der Waals surface area contributed by atoms with Gasteiger partial charge in [0.1, 0.15) is 10.8 Å². The van der Waals surface area contributed by atoms with Crippen LogP contribution in [0.5, 0.6) is 5.75 Å². The van der Waals surface area contributed by atoms with Crippen LogP contribution in [0.25, 0.3) is 0 Å². The molecule has 0 aliphatic rings. The number of ether oxygens (including phenoxy) is 1. The number of aliphatic imine (C=N–C) groups is 1. The zero-order valence-electron chi connectivity index (χ0n) is 17.0. The van der Waals surface area contributed by atoms with Crippen LogP contribution in [0.1, 0.15) is 41.9 Å². The number of aryl methyl sites for hydroxylation is 2. The lowest BCUT2D eigenvalue weighted by atomic mass is 9.84. The van der Waals surface area contributed by atoms with E-state index in [0.717, 1.165) is 35.5 Å². The second-order valence-corrected chi connectivity index (χ2v) is 8.20. The molecule has 0 amide bonds. The third-order valence-corrected chi connectivity index (χ3v) is 5.42. The van der Waals surface area contributed by atoms with Gasteiger partial charge in [-0.1, -0.05) is 26.0 Å². The zero-order chi connectivity index (χ0) is 19.2. The zero-order valence-corrected chi connectivity index (χ0v) is 20.2. The highest BCUT2D eigenvalue weighted by Crippen LogP contribution is 2.24. The molecule has 1 aromatic heterocycles. The summed E-state index contributed by atoms with van der Waals surface area (Å²) in [6.07, 6.45) is 0. The lowest BCUT2D eigenvalue weighted by Gasteiger charge is -2.27. The highest BCUT2D eigenvalue weighted by Gasteiger charge is 2.21. The molecule has 0 radical (unpaired) electrons. The minimum Gasteiger partial charge on any atom is -0.497 e. The Balaban J connectivity index is 0.00000364. The number of benzene rings is 1. The molecule has 5 nitrogen and oxygen atoms in total. The molecule has 0 atom stereocenters. The first-order valence-corrected chi connectivity index (χ1v) is 9.77. The van der Waals surface area contributed by atoms with E-state index in [-0.39, 0.29) is 29.4 Å². The monoisotopic (exact) mass is 502 g/mol. The summed E-state index contributed by atoms with van der Waals surface area (Å²) in [6.45, 7) is 12.9. The van der Waals surface area contributed by atoms with Gasteiger partial charge >= 0.3 is 0 Å². The normalized spacial score (nSPS) is 11.7. The first kappa shape index (κ1) is 23.7. The van der Waals surface area contributed by atoms with E-state index in [2.05, 4.69) is 60.4 Å². The second kappa shape index (κ2) is 10.8. The number of hydrogen-bond donors (Lipinski definition) is 2. The minimum atomic E-state index is -0.0309. The number of aromatic nitrogens is 1. The molecule has 0 unspecified atom stereocenters. The van der Waals surface area contributed by atoms with E-state index < -0.39 is 0 Å². The summed E-state index contributed by atoms with van der Waals surface area (Å²) in [7, 11) is 1.69. The number of hydrogen-bond acceptors (Lipinski definition) is 4. The molecule has 0 saturated heterocycles. The lowest BCUT2D eigenvalue weighted by Crippen LogP contribution is -2.43. The van der Waals surface area contributed by atoms with Crippen molar-refractivity contribution < 1.29 is 4.74 Å². The van der Waals surface area contributed by atoms with E-state index in [1.54, 1.807) is 18.4 Å². The van der Waals surface area contributed by atoms with Gasteiger partial charge in [0.2, 0.25) is 0 Å². The van der Waals surface area contributed by atoms with E-state index in [0.29, 0.717) is 6.54 Å². The number of halogens is 1. The molecule has 2 aromatic rings. The summed E-state index contributed by atoms with van der Waals surface area (Å²) >= 11 is 1.71. The van der Waals surface area contributed by atoms with Gasteiger partial charge in [0.15, 0.2) is 5.96 Å². The fourth-order valence-electron chi connectivity index (χ4n) is 2.54. The van der Waals surface area contributed by atoms with E-state index in [4.69, 9.17) is 4.74 Å². The van der Waals surface area contributed by atoms with Crippen LogP contribution in [-0.2, 0) is 12.0 Å². The largest absolute Gasteiger partial charge is 0.497 e. The highest BCUT2D eigenvalue weighted by atomic mass is 127. The summed E-state index contributed by atoms with van der Waals surface area (Å²) < 4.78 is 5.25. The van der Waals surface area contributed by atoms with Gasteiger partial charge < -0.3 is 15.4 Å². The first-order valence-electron chi connectivity index (χ1n) is 8.95. The van der Waals surface area contributed by atoms with Crippen LogP contribution in [0.2, 0.25) is 0 Å². The second-order valence-electron chi connectivity index (χ2n) is 6.91. The molecule has 0 bridgehead atoms. The predicted molar refractivity (Wildman–Crippen MR) is 126 cm³/mol. The van der Waals surface area contributed by atoms with Crippen LogP contribution in [-0.4, -0.2) is 31.1 Å². The van der Waals surface area contributed by atoms with Crippen molar-refractivity contribution in [2.24, 2.45) is 4.99 Å². The van der Waals surface area contributed by atoms with Gasteiger partial charge in [-0.05, 0) is 38.5 Å². The number of nitrogens with one attached hydrogen (secondary N) is 2. The number of methoxy groups -OCH3 is 1. The fraction of sp³-hybridized carbons (Fsp3) is 0.500. The van der Waals surface area contributed by atoms with Gasteiger partial charge in [0.05, 0.1) is 19.3 Å². The molecular formula is C20H31IN4OS. The number of rotatable bonds is 7. The van der Waals surface area contributed by atoms with Gasteiger partial charge in [0.25, 0.3) is 0 Å². The summed E-state index contributed by atoms with van der Waals surface area (Å²) in [5, 5.41) is 7.82. The third kappa shape index (κ3) is 6.95. The maximum absolute atomic E-state index is 5.25. The molecule has 1 heterocycles. The fourth-order valence-corrected chi connectivity index (χ4v) is 3.40. The Morgan fingerprint density at radius 2 is 1.85 bits per heavy atom. The summed E-state index contributed by atoms with van der Waals surface area (Å²) in [6, 6.07) is 8.24. The summed E-state index contributed by atoms with van der Waals surface area (Å²) in [4.78, 5) is 10.5. The van der Waals surface area contributed by atoms with Crippen molar-refractivity contribution in [2.75, 3.05) is 20.2 Å². The van der Waals surface area contributed by atoms with E-state index in [9.17, 15) is 0 Å². The maximum Gasteiger partial charge on any atom is 0.191 e. The quantitative estimate of drug-likeness (QED) is 0.335. The Bertz CT molecular complexity index is 721. The molecule has 1 aromatic carbocycles. The van der Waals surface area contributed by atoms with Crippen molar-refractivity contribution in [1.29, 1.82) is 0 Å². The molecule has 0 saturated carbocycles. The van der Waals surface area contributed by atoms with Gasteiger partial charge in [-0.25, -0.2) is 9.98 Å². The molecule has 0 fully saturated rings. The summed E-state index contributed by atoms with van der Waals surface area (Å²) in [5.41, 5.74) is 2.32. The molecule has 7 heteroatoms. The van der Waals surface area contributed by atoms with E-state index >= 15 is 0 Å². The molecule has 0 aliphatic heterocycles. The van der Waals surface area contributed by atoms with E-state index in [1.165, 1.54) is 10.4 Å². The Labute approximate surface area is 184 Å².